The Labute approximate surface area is 211 Å². The number of urea groups is 1. The molecule has 2 saturated heterocycles. The summed E-state index contributed by atoms with van der Waals surface area (Å²) < 4.78 is 10.9. The normalized spacial score (nSPS) is 27.7. The summed E-state index contributed by atoms with van der Waals surface area (Å²) in [6, 6.07) is 0.805. The first-order valence-electron chi connectivity index (χ1n) is 13.2. The van der Waals surface area contributed by atoms with Crippen molar-refractivity contribution in [1.82, 2.24) is 15.2 Å². The van der Waals surface area contributed by atoms with E-state index in [0.29, 0.717) is 56.7 Å². The van der Waals surface area contributed by atoms with E-state index in [1.807, 2.05) is 0 Å². The molecule has 4 amide bonds. The molecule has 10 heteroatoms. The average molecular weight is 500 g/mol. The molecule has 0 aromatic carbocycles. The van der Waals surface area contributed by atoms with Crippen molar-refractivity contribution >= 4 is 29.4 Å². The van der Waals surface area contributed by atoms with Gasteiger partial charge in [-0.25, -0.2) is 9.78 Å². The standard InChI is InChI=1S/C26H37N5O5/c1-16-3-5-17(6-4-16)22(30-25(34)31(2)18-7-10-36-15-18)23(32)29-21-13-20-19(14-27-21)26(24(33)28-20)8-11-35-12-9-26/h13-14,16-18,22H,3-12,15H2,1-2H3,(H,28,33)(H,30,34)(H,27,29,32)/t16?,17?,18?,22-/m0/s1. The van der Waals surface area contributed by atoms with Crippen LogP contribution in [0.5, 0.6) is 0 Å². The fourth-order valence-corrected chi connectivity index (χ4v) is 6.04. The minimum absolute atomic E-state index is 0.0135. The molecule has 4 heterocycles. The van der Waals surface area contributed by atoms with Crippen LogP contribution in [0.2, 0.25) is 0 Å². The van der Waals surface area contributed by atoms with Crippen molar-refractivity contribution in [2.75, 3.05) is 44.1 Å². The summed E-state index contributed by atoms with van der Waals surface area (Å²) in [5, 5.41) is 8.90. The van der Waals surface area contributed by atoms with Gasteiger partial charge in [-0.1, -0.05) is 19.8 Å². The molecule has 3 aliphatic heterocycles. The SMILES string of the molecule is CC1CCC([C@H](NC(=O)N(C)C2CCOC2)C(=O)Nc2cc3c(cn2)C2(CCOCC2)C(=O)N3)CC1. The van der Waals surface area contributed by atoms with E-state index in [0.717, 1.165) is 37.7 Å². The summed E-state index contributed by atoms with van der Waals surface area (Å²) in [5.41, 5.74) is 0.938. The number of fused-ring (bicyclic) bond motifs is 2. The van der Waals surface area contributed by atoms with E-state index in [4.69, 9.17) is 9.47 Å². The van der Waals surface area contributed by atoms with Gasteiger partial charge in [-0.2, -0.15) is 0 Å². The number of aromatic nitrogens is 1. The average Bonchev–Trinajstić information content (AvgIpc) is 3.50. The van der Waals surface area contributed by atoms with Crippen LogP contribution in [0.15, 0.2) is 12.3 Å². The highest BCUT2D eigenvalue weighted by Gasteiger charge is 2.48. The lowest BCUT2D eigenvalue weighted by molar-refractivity contribution is -0.124. The van der Waals surface area contributed by atoms with Crippen LogP contribution < -0.4 is 16.0 Å². The second-order valence-corrected chi connectivity index (χ2v) is 10.8. The maximum absolute atomic E-state index is 13.5. The number of likely N-dealkylation sites (N-methyl/N-ethyl adjacent to an activating group) is 1. The number of carbonyl (C=O) groups is 3. The number of anilines is 2. The number of hydrogen-bond acceptors (Lipinski definition) is 6. The van der Waals surface area contributed by atoms with Crippen molar-refractivity contribution in [3.05, 3.63) is 17.8 Å². The number of rotatable bonds is 5. The number of pyridine rings is 1. The first-order chi connectivity index (χ1) is 17.4. The van der Waals surface area contributed by atoms with Gasteiger partial charge in [0.2, 0.25) is 11.8 Å². The Kier molecular flexibility index (Phi) is 7.16. The number of amides is 4. The minimum atomic E-state index is -0.666. The van der Waals surface area contributed by atoms with E-state index >= 15 is 0 Å². The third kappa shape index (κ3) is 4.80. The second kappa shape index (κ2) is 10.3. The fourth-order valence-electron chi connectivity index (χ4n) is 6.04. The van der Waals surface area contributed by atoms with Gasteiger partial charge in [-0.3, -0.25) is 9.59 Å². The second-order valence-electron chi connectivity index (χ2n) is 10.8. The predicted molar refractivity (Wildman–Crippen MR) is 134 cm³/mol. The van der Waals surface area contributed by atoms with E-state index in [-0.39, 0.29) is 29.8 Å². The molecule has 36 heavy (non-hydrogen) atoms. The van der Waals surface area contributed by atoms with Gasteiger partial charge in [0.1, 0.15) is 11.9 Å². The van der Waals surface area contributed by atoms with E-state index in [2.05, 4.69) is 27.9 Å². The van der Waals surface area contributed by atoms with Crippen molar-refractivity contribution in [2.45, 2.75) is 69.4 Å². The van der Waals surface area contributed by atoms with E-state index in [9.17, 15) is 14.4 Å². The van der Waals surface area contributed by atoms with Gasteiger partial charge in [-0.15, -0.1) is 0 Å². The lowest BCUT2D eigenvalue weighted by atomic mass is 9.76. The molecule has 1 saturated carbocycles. The van der Waals surface area contributed by atoms with Crippen LogP contribution in [0.25, 0.3) is 0 Å². The fraction of sp³-hybridized carbons (Fsp3) is 0.692. The molecule has 196 valence electrons. The Morgan fingerprint density at radius 1 is 1.14 bits per heavy atom. The lowest BCUT2D eigenvalue weighted by Crippen LogP contribution is -2.54. The molecule has 1 aromatic heterocycles. The lowest BCUT2D eigenvalue weighted by Gasteiger charge is -2.34. The number of nitrogens with zero attached hydrogens (tertiary/aromatic N) is 2. The molecule has 1 aliphatic carbocycles. The summed E-state index contributed by atoms with van der Waals surface area (Å²) in [4.78, 5) is 45.6. The molecule has 0 bridgehead atoms. The van der Waals surface area contributed by atoms with Crippen molar-refractivity contribution < 1.29 is 23.9 Å². The first-order valence-corrected chi connectivity index (χ1v) is 13.2. The highest BCUT2D eigenvalue weighted by molar-refractivity contribution is 6.07. The molecule has 1 aromatic rings. The minimum Gasteiger partial charge on any atom is -0.381 e. The van der Waals surface area contributed by atoms with E-state index in [1.165, 1.54) is 0 Å². The Hall–Kier alpha value is -2.72. The summed E-state index contributed by atoms with van der Waals surface area (Å²) in [6.07, 6.45) is 7.55. The Morgan fingerprint density at radius 3 is 2.58 bits per heavy atom. The number of carbonyl (C=O) groups excluding carboxylic acids is 3. The smallest absolute Gasteiger partial charge is 0.318 e. The van der Waals surface area contributed by atoms with E-state index in [1.54, 1.807) is 24.2 Å². The summed E-state index contributed by atoms with van der Waals surface area (Å²) in [5.74, 6) is 0.726. The largest absolute Gasteiger partial charge is 0.381 e. The zero-order valence-corrected chi connectivity index (χ0v) is 21.2. The number of ether oxygens (including phenoxy) is 2. The number of hydrogen-bond donors (Lipinski definition) is 3. The van der Waals surface area contributed by atoms with Crippen molar-refractivity contribution in [1.29, 1.82) is 0 Å². The van der Waals surface area contributed by atoms with Gasteiger partial charge < -0.3 is 30.3 Å². The zero-order valence-electron chi connectivity index (χ0n) is 21.2. The quantitative estimate of drug-likeness (QED) is 0.573. The van der Waals surface area contributed by atoms with Gasteiger partial charge >= 0.3 is 6.03 Å². The third-order valence-corrected chi connectivity index (χ3v) is 8.57. The Balaban J connectivity index is 1.31. The third-order valence-electron chi connectivity index (χ3n) is 8.57. The molecule has 1 unspecified atom stereocenters. The number of nitrogens with one attached hydrogen (secondary N) is 3. The van der Waals surface area contributed by atoms with Crippen LogP contribution in [0.3, 0.4) is 0 Å². The Morgan fingerprint density at radius 2 is 1.89 bits per heavy atom. The molecule has 5 rings (SSSR count). The first kappa shape index (κ1) is 25.0. The summed E-state index contributed by atoms with van der Waals surface area (Å²) in [7, 11) is 1.75. The topological polar surface area (TPSA) is 122 Å². The van der Waals surface area contributed by atoms with Gasteiger partial charge in [0, 0.05) is 44.7 Å². The van der Waals surface area contributed by atoms with Crippen LogP contribution in [-0.4, -0.2) is 73.3 Å². The zero-order chi connectivity index (χ0) is 25.3. The highest BCUT2D eigenvalue weighted by Crippen LogP contribution is 2.44. The molecule has 3 N–H and O–H groups in total. The van der Waals surface area contributed by atoms with Crippen LogP contribution in [0.4, 0.5) is 16.3 Å². The Bertz CT molecular complexity index is 996. The predicted octanol–water partition coefficient (Wildman–Crippen LogP) is 2.65. The summed E-state index contributed by atoms with van der Waals surface area (Å²) in [6.45, 7) is 4.45. The molecular weight excluding hydrogens is 462 g/mol. The van der Waals surface area contributed by atoms with Gasteiger partial charge in [0.05, 0.1) is 23.8 Å². The molecule has 3 fully saturated rings. The maximum atomic E-state index is 13.5. The summed E-state index contributed by atoms with van der Waals surface area (Å²) >= 11 is 0. The molecular formula is C26H37N5O5. The highest BCUT2D eigenvalue weighted by atomic mass is 16.5. The van der Waals surface area contributed by atoms with Crippen LogP contribution >= 0.6 is 0 Å². The van der Waals surface area contributed by atoms with Gasteiger partial charge in [0.15, 0.2) is 0 Å². The van der Waals surface area contributed by atoms with Crippen LogP contribution in [0.1, 0.15) is 57.4 Å². The van der Waals surface area contributed by atoms with Crippen molar-refractivity contribution in [2.24, 2.45) is 11.8 Å². The molecule has 4 aliphatic rings. The monoisotopic (exact) mass is 499 g/mol. The van der Waals surface area contributed by atoms with Crippen LogP contribution in [-0.2, 0) is 24.5 Å². The molecule has 2 atom stereocenters. The van der Waals surface area contributed by atoms with Crippen molar-refractivity contribution in [3.8, 4) is 0 Å². The molecule has 1 spiro atoms. The maximum Gasteiger partial charge on any atom is 0.318 e. The van der Waals surface area contributed by atoms with Gasteiger partial charge in [-0.05, 0) is 43.9 Å². The molecule has 0 radical (unpaired) electrons. The van der Waals surface area contributed by atoms with E-state index < -0.39 is 11.5 Å². The van der Waals surface area contributed by atoms with Gasteiger partial charge in [0.25, 0.3) is 0 Å². The van der Waals surface area contributed by atoms with Crippen LogP contribution in [0, 0.1) is 11.8 Å². The molecule has 10 nitrogen and oxygen atoms in total. The van der Waals surface area contributed by atoms with Crippen molar-refractivity contribution in [3.63, 3.8) is 0 Å².